The van der Waals surface area contributed by atoms with Crippen LogP contribution in [0, 0.1) is 0 Å². The van der Waals surface area contributed by atoms with Crippen LogP contribution in [0.25, 0.3) is 0 Å². The van der Waals surface area contributed by atoms with Crippen molar-refractivity contribution in [2.45, 2.75) is 26.7 Å². The van der Waals surface area contributed by atoms with E-state index in [9.17, 15) is 0 Å². The van der Waals surface area contributed by atoms with Gasteiger partial charge in [-0.2, -0.15) is 0 Å². The quantitative estimate of drug-likeness (QED) is 0.629. The third kappa shape index (κ3) is 8.02. The molecule has 0 N–H and O–H groups in total. The van der Waals surface area contributed by atoms with Gasteiger partial charge < -0.3 is 0 Å². The highest BCUT2D eigenvalue weighted by Crippen LogP contribution is 2.10. The van der Waals surface area contributed by atoms with E-state index < -0.39 is 0 Å². The number of aryl methyl sites for hydroxylation is 1. The molecule has 0 aromatic heterocycles. The summed E-state index contributed by atoms with van der Waals surface area (Å²) in [5.74, 6) is 0. The molecule has 0 aliphatic heterocycles. The maximum atomic E-state index is 5.73. The molecule has 0 atom stereocenters. The first-order valence-corrected chi connectivity index (χ1v) is 5.55. The molecule has 1 heteroatoms. The average Bonchev–Trinajstić information content (AvgIpc) is 2.29. The molecule has 82 valence electrons. The van der Waals surface area contributed by atoms with Gasteiger partial charge in [-0.3, -0.25) is 0 Å². The Morgan fingerprint density at radius 2 is 1.67 bits per heavy atom. The van der Waals surface area contributed by atoms with Gasteiger partial charge in [-0.25, -0.2) is 0 Å². The minimum Gasteiger partial charge on any atom is -0.103 e. The lowest BCUT2D eigenvalue weighted by molar-refractivity contribution is 1.00. The van der Waals surface area contributed by atoms with E-state index in [4.69, 9.17) is 11.6 Å². The second kappa shape index (κ2) is 9.54. The first-order valence-electron chi connectivity index (χ1n) is 5.17. The summed E-state index contributed by atoms with van der Waals surface area (Å²) in [5.41, 5.74) is 1.31. The Hall–Kier alpha value is -1.01. The van der Waals surface area contributed by atoms with Crippen LogP contribution in [0.4, 0.5) is 0 Å². The van der Waals surface area contributed by atoms with Gasteiger partial charge >= 0.3 is 0 Å². The van der Waals surface area contributed by atoms with E-state index in [0.717, 1.165) is 17.9 Å². The summed E-state index contributed by atoms with van der Waals surface area (Å²) in [7, 11) is 0. The van der Waals surface area contributed by atoms with E-state index in [0.29, 0.717) is 0 Å². The fourth-order valence-corrected chi connectivity index (χ4v) is 1.05. The summed E-state index contributed by atoms with van der Waals surface area (Å²) in [5, 5.41) is 0.798. The van der Waals surface area contributed by atoms with Crippen LogP contribution >= 0.6 is 11.6 Å². The molecule has 0 saturated heterocycles. The predicted octanol–water partition coefficient (Wildman–Crippen LogP) is 5.04. The highest BCUT2D eigenvalue weighted by atomic mass is 35.5. The number of halogens is 1. The zero-order valence-electron chi connectivity index (χ0n) is 9.54. The number of benzene rings is 1. The Morgan fingerprint density at radius 3 is 2.07 bits per heavy atom. The molecule has 0 saturated carbocycles. The normalized spacial score (nSPS) is 9.53. The maximum absolute atomic E-state index is 5.73. The molecular formula is C14H19Cl. The lowest BCUT2D eigenvalue weighted by Crippen LogP contribution is -1.80. The SMILES string of the molecule is C/C=C\C.C=CCCc1ccc(Cl)cc1. The summed E-state index contributed by atoms with van der Waals surface area (Å²) in [6.07, 6.45) is 8.01. The van der Waals surface area contributed by atoms with Crippen LogP contribution < -0.4 is 0 Å². The van der Waals surface area contributed by atoms with Gasteiger partial charge in [0.25, 0.3) is 0 Å². The first-order chi connectivity index (χ1) is 7.24. The third-order valence-corrected chi connectivity index (χ3v) is 2.14. The zero-order valence-corrected chi connectivity index (χ0v) is 10.3. The van der Waals surface area contributed by atoms with Gasteiger partial charge in [0.05, 0.1) is 0 Å². The van der Waals surface area contributed by atoms with E-state index in [-0.39, 0.29) is 0 Å². The molecule has 1 aromatic carbocycles. The van der Waals surface area contributed by atoms with Gasteiger partial charge in [-0.05, 0) is 44.4 Å². The van der Waals surface area contributed by atoms with E-state index in [1.807, 2.05) is 56.3 Å². The van der Waals surface area contributed by atoms with Crippen LogP contribution in [0.5, 0.6) is 0 Å². The Morgan fingerprint density at radius 1 is 1.13 bits per heavy atom. The van der Waals surface area contributed by atoms with Crippen molar-refractivity contribution in [2.24, 2.45) is 0 Å². The van der Waals surface area contributed by atoms with Crippen molar-refractivity contribution in [3.63, 3.8) is 0 Å². The molecule has 0 aliphatic carbocycles. The Balaban J connectivity index is 0.000000423. The molecule has 0 spiro atoms. The van der Waals surface area contributed by atoms with Crippen LogP contribution in [0.1, 0.15) is 25.8 Å². The fraction of sp³-hybridized carbons (Fsp3) is 0.286. The van der Waals surface area contributed by atoms with Crippen molar-refractivity contribution < 1.29 is 0 Å². The first kappa shape index (κ1) is 14.0. The lowest BCUT2D eigenvalue weighted by atomic mass is 10.1. The molecule has 0 bridgehead atoms. The van der Waals surface area contributed by atoms with E-state index >= 15 is 0 Å². The van der Waals surface area contributed by atoms with Gasteiger partial charge in [0.2, 0.25) is 0 Å². The van der Waals surface area contributed by atoms with Crippen LogP contribution in [0.2, 0.25) is 5.02 Å². The van der Waals surface area contributed by atoms with Crippen LogP contribution in [-0.2, 0) is 6.42 Å². The second-order valence-corrected chi connectivity index (χ2v) is 3.56. The Bertz CT molecular complexity index is 279. The highest BCUT2D eigenvalue weighted by Gasteiger charge is 1.90. The summed E-state index contributed by atoms with van der Waals surface area (Å²) in [4.78, 5) is 0. The van der Waals surface area contributed by atoms with Crippen molar-refractivity contribution >= 4 is 11.6 Å². The van der Waals surface area contributed by atoms with Crippen molar-refractivity contribution in [3.05, 3.63) is 59.7 Å². The fourth-order valence-electron chi connectivity index (χ4n) is 0.920. The van der Waals surface area contributed by atoms with Crippen molar-refractivity contribution in [2.75, 3.05) is 0 Å². The maximum Gasteiger partial charge on any atom is 0.0406 e. The minimum atomic E-state index is 0.798. The molecule has 0 unspecified atom stereocenters. The van der Waals surface area contributed by atoms with Gasteiger partial charge in [0, 0.05) is 5.02 Å². The standard InChI is InChI=1S/C10H11Cl.C4H8/c1-2-3-4-9-5-7-10(11)8-6-9;1-3-4-2/h2,5-8H,1,3-4H2;3-4H,1-2H3/b;4-3-. The molecule has 1 aromatic rings. The third-order valence-electron chi connectivity index (χ3n) is 1.88. The highest BCUT2D eigenvalue weighted by molar-refractivity contribution is 6.30. The molecule has 0 nitrogen and oxygen atoms in total. The van der Waals surface area contributed by atoms with Gasteiger partial charge in [-0.15, -0.1) is 6.58 Å². The van der Waals surface area contributed by atoms with Crippen molar-refractivity contribution in [1.29, 1.82) is 0 Å². The molecule has 0 amide bonds. The van der Waals surface area contributed by atoms with E-state index in [2.05, 4.69) is 6.58 Å². The summed E-state index contributed by atoms with van der Waals surface area (Å²) >= 11 is 5.73. The van der Waals surface area contributed by atoms with E-state index in [1.165, 1.54) is 5.56 Å². The van der Waals surface area contributed by atoms with Crippen LogP contribution in [0.15, 0.2) is 49.1 Å². The molecule has 0 aliphatic rings. The van der Waals surface area contributed by atoms with Crippen molar-refractivity contribution in [1.82, 2.24) is 0 Å². The molecular weight excluding hydrogens is 204 g/mol. The lowest BCUT2D eigenvalue weighted by Gasteiger charge is -1.96. The summed E-state index contributed by atoms with van der Waals surface area (Å²) in [6, 6.07) is 7.93. The number of rotatable bonds is 3. The summed E-state index contributed by atoms with van der Waals surface area (Å²) in [6.45, 7) is 7.67. The molecule has 15 heavy (non-hydrogen) atoms. The van der Waals surface area contributed by atoms with Crippen LogP contribution in [0.3, 0.4) is 0 Å². The molecule has 1 rings (SSSR count). The van der Waals surface area contributed by atoms with E-state index in [1.54, 1.807) is 0 Å². The van der Waals surface area contributed by atoms with Gasteiger partial charge in [0.15, 0.2) is 0 Å². The summed E-state index contributed by atoms with van der Waals surface area (Å²) < 4.78 is 0. The molecule has 0 fully saturated rings. The smallest absolute Gasteiger partial charge is 0.0406 e. The monoisotopic (exact) mass is 222 g/mol. The zero-order chi connectivity index (χ0) is 11.5. The topological polar surface area (TPSA) is 0 Å². The molecule has 0 heterocycles. The Labute approximate surface area is 98.3 Å². The van der Waals surface area contributed by atoms with Crippen LogP contribution in [-0.4, -0.2) is 0 Å². The van der Waals surface area contributed by atoms with Gasteiger partial charge in [0.1, 0.15) is 0 Å². The second-order valence-electron chi connectivity index (χ2n) is 3.12. The van der Waals surface area contributed by atoms with Gasteiger partial charge in [-0.1, -0.05) is 42.0 Å². The minimum absolute atomic E-state index is 0.798. The van der Waals surface area contributed by atoms with Crippen molar-refractivity contribution in [3.8, 4) is 0 Å². The molecule has 0 radical (unpaired) electrons. The Kier molecular flexibility index (Phi) is 8.90. The number of hydrogen-bond donors (Lipinski definition) is 0. The average molecular weight is 223 g/mol. The predicted molar refractivity (Wildman–Crippen MR) is 70.5 cm³/mol. The largest absolute Gasteiger partial charge is 0.103 e. The number of allylic oxidation sites excluding steroid dienone is 3. The number of hydrogen-bond acceptors (Lipinski definition) is 0.